The van der Waals surface area contributed by atoms with Crippen molar-refractivity contribution < 1.29 is 19.1 Å². The van der Waals surface area contributed by atoms with Crippen LogP contribution in [0.5, 0.6) is 5.75 Å². The van der Waals surface area contributed by atoms with Crippen molar-refractivity contribution in [3.05, 3.63) is 76.7 Å². The maximum absolute atomic E-state index is 13.1. The molecule has 0 saturated carbocycles. The van der Waals surface area contributed by atoms with Crippen LogP contribution in [0.3, 0.4) is 0 Å². The van der Waals surface area contributed by atoms with Gasteiger partial charge in [-0.05, 0) is 35.4 Å². The first-order valence-electron chi connectivity index (χ1n) is 8.14. The van der Waals surface area contributed by atoms with Crippen LogP contribution < -0.4 is 10.6 Å². The van der Waals surface area contributed by atoms with E-state index in [2.05, 4.69) is 10.6 Å². The minimum atomic E-state index is -0.579. The fourth-order valence-corrected chi connectivity index (χ4v) is 3.28. The maximum atomic E-state index is 13.1. The first-order chi connectivity index (χ1) is 12.5. The highest BCUT2D eigenvalue weighted by Gasteiger charge is 2.40. The number of phenolic OH excluding ortho intramolecular Hbond substituents is 1. The van der Waals surface area contributed by atoms with E-state index in [1.165, 1.54) is 24.3 Å². The molecule has 2 aromatic carbocycles. The van der Waals surface area contributed by atoms with Crippen LogP contribution in [0, 0.1) is 5.82 Å². The minimum absolute atomic E-state index is 0.110. The number of aromatic hydroxyl groups is 1. The number of carbonyl (C=O) groups excluding carboxylic acids is 2. The van der Waals surface area contributed by atoms with Crippen LogP contribution in [0.15, 0.2) is 59.8 Å². The van der Waals surface area contributed by atoms with E-state index in [1.807, 2.05) is 0 Å². The van der Waals surface area contributed by atoms with E-state index < -0.39 is 6.04 Å². The molecule has 2 aliphatic heterocycles. The van der Waals surface area contributed by atoms with E-state index in [0.29, 0.717) is 23.4 Å². The summed E-state index contributed by atoms with van der Waals surface area (Å²) in [6.45, 7) is 0.609. The summed E-state index contributed by atoms with van der Waals surface area (Å²) in [5.41, 5.74) is 2.57. The smallest absolute Gasteiger partial charge is 0.319 e. The maximum Gasteiger partial charge on any atom is 0.319 e. The van der Waals surface area contributed by atoms with Gasteiger partial charge in [-0.2, -0.15) is 0 Å². The van der Waals surface area contributed by atoms with Gasteiger partial charge in [-0.1, -0.05) is 24.3 Å². The Balaban J connectivity index is 1.61. The standard InChI is InChI=1S/C19H16FN3O3/c20-13-5-1-11(2-6-13)9-23-10-15-16(18(23)25)17(22-19(26)21-15)12-3-7-14(24)8-4-12/h1-8,17,24H,9-10H2,(H2,21,22,26). The molecule has 2 aromatic rings. The SMILES string of the molecule is O=C1NC2=C(C(=O)N(Cc3ccc(F)cc3)C2)C(c2ccc(O)cc2)N1. The van der Waals surface area contributed by atoms with Crippen molar-refractivity contribution in [2.75, 3.05) is 6.54 Å². The van der Waals surface area contributed by atoms with Crippen molar-refractivity contribution in [1.29, 1.82) is 0 Å². The number of hydrogen-bond acceptors (Lipinski definition) is 3. The Labute approximate surface area is 148 Å². The summed E-state index contributed by atoms with van der Waals surface area (Å²) >= 11 is 0. The van der Waals surface area contributed by atoms with Gasteiger partial charge >= 0.3 is 6.03 Å². The Morgan fingerprint density at radius 2 is 1.77 bits per heavy atom. The molecule has 0 fully saturated rings. The number of benzene rings is 2. The second-order valence-corrected chi connectivity index (χ2v) is 6.30. The number of urea groups is 1. The molecule has 0 aliphatic carbocycles. The lowest BCUT2D eigenvalue weighted by molar-refractivity contribution is -0.126. The lowest BCUT2D eigenvalue weighted by Crippen LogP contribution is -2.44. The number of halogens is 1. The molecule has 7 heteroatoms. The number of nitrogens with zero attached hydrogens (tertiary/aromatic N) is 1. The van der Waals surface area contributed by atoms with E-state index in [9.17, 15) is 19.1 Å². The topological polar surface area (TPSA) is 81.7 Å². The minimum Gasteiger partial charge on any atom is -0.508 e. The predicted octanol–water partition coefficient (Wildman–Crippen LogP) is 2.18. The average Bonchev–Trinajstić information content (AvgIpc) is 2.92. The van der Waals surface area contributed by atoms with Crippen LogP contribution in [0.25, 0.3) is 0 Å². The van der Waals surface area contributed by atoms with Gasteiger partial charge in [-0.25, -0.2) is 9.18 Å². The average molecular weight is 353 g/mol. The Morgan fingerprint density at radius 1 is 1.08 bits per heavy atom. The molecular formula is C19H16FN3O3. The zero-order chi connectivity index (χ0) is 18.3. The number of nitrogens with one attached hydrogen (secondary N) is 2. The molecule has 132 valence electrons. The van der Waals surface area contributed by atoms with E-state index in [-0.39, 0.29) is 30.0 Å². The lowest BCUT2D eigenvalue weighted by atomic mass is 9.96. The third kappa shape index (κ3) is 2.88. The molecule has 3 amide bonds. The molecule has 26 heavy (non-hydrogen) atoms. The zero-order valence-corrected chi connectivity index (χ0v) is 13.7. The summed E-state index contributed by atoms with van der Waals surface area (Å²) in [6.07, 6.45) is 0. The third-order valence-electron chi connectivity index (χ3n) is 4.53. The quantitative estimate of drug-likeness (QED) is 0.791. The van der Waals surface area contributed by atoms with Gasteiger partial charge in [0.15, 0.2) is 0 Å². The molecule has 3 N–H and O–H groups in total. The Kier molecular flexibility index (Phi) is 3.84. The monoisotopic (exact) mass is 353 g/mol. The molecular weight excluding hydrogens is 337 g/mol. The van der Waals surface area contributed by atoms with Gasteiger partial charge in [0.25, 0.3) is 5.91 Å². The van der Waals surface area contributed by atoms with Gasteiger partial charge in [-0.15, -0.1) is 0 Å². The fraction of sp³-hybridized carbons (Fsp3) is 0.158. The van der Waals surface area contributed by atoms with Crippen LogP contribution in [-0.4, -0.2) is 28.5 Å². The highest BCUT2D eigenvalue weighted by atomic mass is 19.1. The van der Waals surface area contributed by atoms with E-state index in [4.69, 9.17) is 0 Å². The van der Waals surface area contributed by atoms with Crippen molar-refractivity contribution in [3.8, 4) is 5.75 Å². The van der Waals surface area contributed by atoms with Crippen molar-refractivity contribution in [3.63, 3.8) is 0 Å². The molecule has 0 saturated heterocycles. The molecule has 2 heterocycles. The summed E-state index contributed by atoms with van der Waals surface area (Å²) < 4.78 is 13.1. The van der Waals surface area contributed by atoms with Gasteiger partial charge < -0.3 is 20.6 Å². The second-order valence-electron chi connectivity index (χ2n) is 6.30. The molecule has 4 rings (SSSR count). The van der Waals surface area contributed by atoms with Gasteiger partial charge in [0.2, 0.25) is 0 Å². The number of rotatable bonds is 3. The molecule has 6 nitrogen and oxygen atoms in total. The summed E-state index contributed by atoms with van der Waals surface area (Å²) in [5, 5.41) is 14.9. The molecule has 0 aromatic heterocycles. The number of phenols is 1. The molecule has 0 radical (unpaired) electrons. The Bertz CT molecular complexity index is 907. The number of carbonyl (C=O) groups is 2. The van der Waals surface area contributed by atoms with Crippen LogP contribution in [-0.2, 0) is 11.3 Å². The molecule has 1 unspecified atom stereocenters. The van der Waals surface area contributed by atoms with Crippen molar-refractivity contribution in [2.24, 2.45) is 0 Å². The van der Waals surface area contributed by atoms with E-state index in [1.54, 1.807) is 29.2 Å². The van der Waals surface area contributed by atoms with Gasteiger partial charge in [0.05, 0.1) is 23.9 Å². The second kappa shape index (κ2) is 6.18. The Hall–Kier alpha value is -3.35. The molecule has 0 spiro atoms. The highest BCUT2D eigenvalue weighted by molar-refractivity contribution is 6.01. The summed E-state index contributed by atoms with van der Waals surface area (Å²) in [6, 6.07) is 11.4. The van der Waals surface area contributed by atoms with Crippen LogP contribution in [0.2, 0.25) is 0 Å². The predicted molar refractivity (Wildman–Crippen MR) is 91.4 cm³/mol. The summed E-state index contributed by atoms with van der Waals surface area (Å²) in [7, 11) is 0. The molecule has 1 atom stereocenters. The summed E-state index contributed by atoms with van der Waals surface area (Å²) in [4.78, 5) is 26.5. The number of hydrogen-bond donors (Lipinski definition) is 3. The normalized spacial score (nSPS) is 19.3. The highest BCUT2D eigenvalue weighted by Crippen LogP contribution is 2.33. The molecule has 2 aliphatic rings. The van der Waals surface area contributed by atoms with Crippen LogP contribution >= 0.6 is 0 Å². The lowest BCUT2D eigenvalue weighted by Gasteiger charge is -2.25. The van der Waals surface area contributed by atoms with Crippen molar-refractivity contribution >= 4 is 11.9 Å². The zero-order valence-electron chi connectivity index (χ0n) is 13.7. The fourth-order valence-electron chi connectivity index (χ4n) is 3.28. The number of amides is 3. The summed E-state index contributed by atoms with van der Waals surface area (Å²) in [5.74, 6) is -0.406. The van der Waals surface area contributed by atoms with E-state index in [0.717, 1.165) is 5.56 Å². The molecule has 0 bridgehead atoms. The van der Waals surface area contributed by atoms with Crippen LogP contribution in [0.4, 0.5) is 9.18 Å². The van der Waals surface area contributed by atoms with Gasteiger partial charge in [-0.3, -0.25) is 4.79 Å². The van der Waals surface area contributed by atoms with Crippen molar-refractivity contribution in [2.45, 2.75) is 12.6 Å². The van der Waals surface area contributed by atoms with Gasteiger partial charge in [0, 0.05) is 6.54 Å². The first kappa shape index (κ1) is 16.1. The first-order valence-corrected chi connectivity index (χ1v) is 8.14. The van der Waals surface area contributed by atoms with Gasteiger partial charge in [0.1, 0.15) is 11.6 Å². The Morgan fingerprint density at radius 3 is 2.46 bits per heavy atom. The van der Waals surface area contributed by atoms with E-state index >= 15 is 0 Å². The van der Waals surface area contributed by atoms with Crippen molar-refractivity contribution in [1.82, 2.24) is 15.5 Å². The largest absolute Gasteiger partial charge is 0.508 e. The third-order valence-corrected chi connectivity index (χ3v) is 4.53. The van der Waals surface area contributed by atoms with Crippen LogP contribution in [0.1, 0.15) is 17.2 Å².